The highest BCUT2D eigenvalue weighted by atomic mass is 32.2. The van der Waals surface area contributed by atoms with Crippen molar-refractivity contribution >= 4 is 21.4 Å². The van der Waals surface area contributed by atoms with Crippen LogP contribution in [-0.2, 0) is 14.6 Å². The van der Waals surface area contributed by atoms with E-state index in [4.69, 9.17) is 0 Å². The lowest BCUT2D eigenvalue weighted by Gasteiger charge is -2.24. The lowest BCUT2D eigenvalue weighted by molar-refractivity contribution is -0.120. The Morgan fingerprint density at radius 1 is 1.04 bits per heavy atom. The van der Waals surface area contributed by atoms with Gasteiger partial charge in [0.2, 0.25) is 5.91 Å². The van der Waals surface area contributed by atoms with Crippen LogP contribution in [0.4, 0.5) is 5.69 Å². The average Bonchev–Trinajstić information content (AvgIpc) is 2.47. The molecular formula is C17H20N2O3S. The molecule has 0 aliphatic rings. The molecular weight excluding hydrogens is 312 g/mol. The SMILES string of the molecule is CN(C)[C@H](C(=O)Nc1cccc(S(C)(=O)=O)c1)c1ccccc1. The van der Waals surface area contributed by atoms with E-state index in [-0.39, 0.29) is 10.8 Å². The number of carbonyl (C=O) groups is 1. The number of carbonyl (C=O) groups excluding carboxylic acids is 1. The smallest absolute Gasteiger partial charge is 0.246 e. The summed E-state index contributed by atoms with van der Waals surface area (Å²) in [7, 11) is 0.336. The van der Waals surface area contributed by atoms with Crippen LogP contribution in [0.3, 0.4) is 0 Å². The van der Waals surface area contributed by atoms with Gasteiger partial charge in [-0.2, -0.15) is 0 Å². The highest BCUT2D eigenvalue weighted by Crippen LogP contribution is 2.21. The minimum absolute atomic E-state index is 0.177. The Hall–Kier alpha value is -2.18. The Morgan fingerprint density at radius 2 is 1.70 bits per heavy atom. The quantitative estimate of drug-likeness (QED) is 0.912. The first-order valence-electron chi connectivity index (χ1n) is 7.11. The van der Waals surface area contributed by atoms with Crippen LogP contribution >= 0.6 is 0 Å². The second kappa shape index (κ2) is 6.93. The van der Waals surface area contributed by atoms with E-state index in [9.17, 15) is 13.2 Å². The summed E-state index contributed by atoms with van der Waals surface area (Å²) in [5.74, 6) is -0.216. The van der Waals surface area contributed by atoms with E-state index >= 15 is 0 Å². The summed E-state index contributed by atoms with van der Waals surface area (Å²) >= 11 is 0. The van der Waals surface area contributed by atoms with Crippen molar-refractivity contribution in [3.8, 4) is 0 Å². The molecule has 2 aromatic carbocycles. The van der Waals surface area contributed by atoms with E-state index in [1.807, 2.05) is 49.3 Å². The van der Waals surface area contributed by atoms with Crippen LogP contribution < -0.4 is 5.32 Å². The molecule has 23 heavy (non-hydrogen) atoms. The first-order valence-corrected chi connectivity index (χ1v) is 9.00. The predicted molar refractivity (Wildman–Crippen MR) is 91.1 cm³/mol. The summed E-state index contributed by atoms with van der Waals surface area (Å²) in [4.78, 5) is 14.6. The van der Waals surface area contributed by atoms with Gasteiger partial charge in [-0.1, -0.05) is 36.4 Å². The summed E-state index contributed by atoms with van der Waals surface area (Å²) in [5, 5.41) is 2.79. The van der Waals surface area contributed by atoms with Gasteiger partial charge in [0.15, 0.2) is 9.84 Å². The number of nitrogens with one attached hydrogen (secondary N) is 1. The molecule has 1 atom stereocenters. The van der Waals surface area contributed by atoms with Gasteiger partial charge in [-0.05, 0) is 37.9 Å². The van der Waals surface area contributed by atoms with Gasteiger partial charge in [0.05, 0.1) is 4.90 Å². The number of benzene rings is 2. The van der Waals surface area contributed by atoms with Crippen LogP contribution in [0.5, 0.6) is 0 Å². The molecule has 0 spiro atoms. The van der Waals surface area contributed by atoms with Gasteiger partial charge < -0.3 is 5.32 Å². The van der Waals surface area contributed by atoms with E-state index in [0.717, 1.165) is 11.8 Å². The predicted octanol–water partition coefficient (Wildman–Crippen LogP) is 2.33. The zero-order chi connectivity index (χ0) is 17.0. The van der Waals surface area contributed by atoms with Crippen molar-refractivity contribution in [2.24, 2.45) is 0 Å². The minimum Gasteiger partial charge on any atom is -0.324 e. The van der Waals surface area contributed by atoms with Gasteiger partial charge in [-0.25, -0.2) is 8.42 Å². The number of nitrogens with zero attached hydrogens (tertiary/aromatic N) is 1. The summed E-state index contributed by atoms with van der Waals surface area (Å²) < 4.78 is 23.2. The molecule has 0 aliphatic carbocycles. The van der Waals surface area contributed by atoms with Gasteiger partial charge in [0, 0.05) is 11.9 Å². The largest absolute Gasteiger partial charge is 0.324 e. The summed E-state index contributed by atoms with van der Waals surface area (Å²) in [6.45, 7) is 0. The van der Waals surface area contributed by atoms with Gasteiger partial charge >= 0.3 is 0 Å². The third-order valence-electron chi connectivity index (χ3n) is 3.41. The molecule has 0 unspecified atom stereocenters. The van der Waals surface area contributed by atoms with Crippen molar-refractivity contribution in [1.29, 1.82) is 0 Å². The molecule has 0 saturated heterocycles. The van der Waals surface area contributed by atoms with Gasteiger partial charge in [0.25, 0.3) is 0 Å². The van der Waals surface area contributed by atoms with Crippen LogP contribution in [0.25, 0.3) is 0 Å². The molecule has 0 radical (unpaired) electrons. The lowest BCUT2D eigenvalue weighted by Crippen LogP contribution is -2.32. The van der Waals surface area contributed by atoms with E-state index < -0.39 is 15.9 Å². The molecule has 0 heterocycles. The number of hydrogen-bond acceptors (Lipinski definition) is 4. The minimum atomic E-state index is -3.31. The molecule has 2 rings (SSSR count). The number of anilines is 1. The van der Waals surface area contributed by atoms with Crippen molar-refractivity contribution in [2.45, 2.75) is 10.9 Å². The van der Waals surface area contributed by atoms with Crippen molar-refractivity contribution in [3.05, 3.63) is 60.2 Å². The van der Waals surface area contributed by atoms with Gasteiger partial charge in [0.1, 0.15) is 6.04 Å². The fourth-order valence-electron chi connectivity index (χ4n) is 2.33. The molecule has 5 nitrogen and oxygen atoms in total. The molecule has 0 aliphatic heterocycles. The standard InChI is InChI=1S/C17H20N2O3S/c1-19(2)16(13-8-5-4-6-9-13)17(20)18-14-10-7-11-15(12-14)23(3,21)22/h4-12,16H,1-3H3,(H,18,20)/t16-/m0/s1. The molecule has 6 heteroatoms. The second-order valence-corrected chi connectivity index (χ2v) is 7.58. The van der Waals surface area contributed by atoms with Crippen LogP contribution in [0.1, 0.15) is 11.6 Å². The number of sulfone groups is 1. The molecule has 0 bridgehead atoms. The van der Waals surface area contributed by atoms with Crippen molar-refractivity contribution in [1.82, 2.24) is 4.90 Å². The van der Waals surface area contributed by atoms with E-state index in [1.54, 1.807) is 12.1 Å². The first kappa shape index (κ1) is 17.2. The molecule has 1 amide bonds. The number of likely N-dealkylation sites (N-methyl/N-ethyl adjacent to an activating group) is 1. The third-order valence-corrected chi connectivity index (χ3v) is 4.52. The molecule has 0 fully saturated rings. The number of rotatable bonds is 5. The Labute approximate surface area is 136 Å². The fourth-order valence-corrected chi connectivity index (χ4v) is 3.00. The van der Waals surface area contributed by atoms with Crippen molar-refractivity contribution in [2.75, 3.05) is 25.7 Å². The third kappa shape index (κ3) is 4.40. The summed E-state index contributed by atoms with van der Waals surface area (Å²) in [6, 6.07) is 15.2. The highest BCUT2D eigenvalue weighted by molar-refractivity contribution is 7.90. The van der Waals surface area contributed by atoms with Crippen molar-refractivity contribution < 1.29 is 13.2 Å². The van der Waals surface area contributed by atoms with E-state index in [0.29, 0.717) is 5.69 Å². The number of hydrogen-bond donors (Lipinski definition) is 1. The molecule has 1 N–H and O–H groups in total. The van der Waals surface area contributed by atoms with Gasteiger partial charge in [-0.15, -0.1) is 0 Å². The van der Waals surface area contributed by atoms with Crippen molar-refractivity contribution in [3.63, 3.8) is 0 Å². The first-order chi connectivity index (χ1) is 10.8. The average molecular weight is 332 g/mol. The maximum atomic E-state index is 12.6. The Morgan fingerprint density at radius 3 is 2.26 bits per heavy atom. The number of amides is 1. The topological polar surface area (TPSA) is 66.5 Å². The molecule has 2 aromatic rings. The molecule has 0 aromatic heterocycles. The Balaban J connectivity index is 2.26. The van der Waals surface area contributed by atoms with E-state index in [1.165, 1.54) is 12.1 Å². The summed E-state index contributed by atoms with van der Waals surface area (Å²) in [6.07, 6.45) is 1.14. The van der Waals surface area contributed by atoms with Gasteiger partial charge in [-0.3, -0.25) is 9.69 Å². The highest BCUT2D eigenvalue weighted by Gasteiger charge is 2.23. The molecule has 0 saturated carbocycles. The maximum absolute atomic E-state index is 12.6. The zero-order valence-corrected chi connectivity index (χ0v) is 14.2. The van der Waals surface area contributed by atoms with Crippen LogP contribution in [0.15, 0.2) is 59.5 Å². The van der Waals surface area contributed by atoms with Crippen LogP contribution in [0, 0.1) is 0 Å². The zero-order valence-electron chi connectivity index (χ0n) is 13.4. The normalized spacial score (nSPS) is 12.9. The van der Waals surface area contributed by atoms with Crippen LogP contribution in [-0.4, -0.2) is 39.6 Å². The van der Waals surface area contributed by atoms with Crippen LogP contribution in [0.2, 0.25) is 0 Å². The summed E-state index contributed by atoms with van der Waals surface area (Å²) in [5.41, 5.74) is 1.33. The maximum Gasteiger partial charge on any atom is 0.246 e. The monoisotopic (exact) mass is 332 g/mol. The molecule has 122 valence electrons. The van der Waals surface area contributed by atoms with E-state index in [2.05, 4.69) is 5.32 Å². The second-order valence-electron chi connectivity index (χ2n) is 5.57. The Kier molecular flexibility index (Phi) is 5.18. The fraction of sp³-hybridized carbons (Fsp3) is 0.235. The Bertz CT molecular complexity index is 786. The lowest BCUT2D eigenvalue weighted by atomic mass is 10.1.